The third kappa shape index (κ3) is 6.53. The lowest BCUT2D eigenvalue weighted by Gasteiger charge is -2.23. The van der Waals surface area contributed by atoms with Gasteiger partial charge < -0.3 is 15.1 Å². The molecule has 0 bridgehead atoms. The quantitative estimate of drug-likeness (QED) is 0.152. The Morgan fingerprint density at radius 2 is 1.40 bits per heavy atom. The third-order valence-corrected chi connectivity index (χ3v) is 7.99. The summed E-state index contributed by atoms with van der Waals surface area (Å²) in [4.78, 5) is 40.2. The fourth-order valence-electron chi connectivity index (χ4n) is 4.58. The van der Waals surface area contributed by atoms with Crippen molar-refractivity contribution in [3.63, 3.8) is 0 Å². The van der Waals surface area contributed by atoms with Crippen LogP contribution in [0.4, 0.5) is 10.7 Å². The molecule has 5 aromatic rings. The second-order valence-corrected chi connectivity index (χ2v) is 11.0. The lowest BCUT2D eigenvalue weighted by molar-refractivity contribution is 0.0686. The summed E-state index contributed by atoms with van der Waals surface area (Å²) in [5.41, 5.74) is 4.71. The summed E-state index contributed by atoms with van der Waals surface area (Å²) in [6, 6.07) is 22.2. The molecule has 0 fully saturated rings. The summed E-state index contributed by atoms with van der Waals surface area (Å²) < 4.78 is 0. The van der Waals surface area contributed by atoms with Gasteiger partial charge in [0.05, 0.1) is 38.9 Å². The van der Waals surface area contributed by atoms with E-state index in [1.807, 2.05) is 12.1 Å². The molecule has 0 saturated carbocycles. The molecule has 8 nitrogen and oxygen atoms in total. The Balaban J connectivity index is 1.50. The number of aromatic nitrogens is 3. The van der Waals surface area contributed by atoms with Crippen molar-refractivity contribution in [3.05, 3.63) is 102 Å². The van der Waals surface area contributed by atoms with Crippen molar-refractivity contribution in [1.82, 2.24) is 15.0 Å². The first-order valence-corrected chi connectivity index (χ1v) is 14.5. The van der Waals surface area contributed by atoms with Crippen LogP contribution < -0.4 is 4.90 Å². The summed E-state index contributed by atoms with van der Waals surface area (Å²) in [7, 11) is 0. The summed E-state index contributed by atoms with van der Waals surface area (Å²) >= 11 is 1.69. The molecule has 0 aliphatic rings. The van der Waals surface area contributed by atoms with Gasteiger partial charge in [-0.3, -0.25) is 9.97 Å². The van der Waals surface area contributed by atoms with Gasteiger partial charge in [-0.1, -0.05) is 37.5 Å². The first kappa shape index (κ1) is 28.6. The second-order valence-electron chi connectivity index (χ2n) is 9.93. The largest absolute Gasteiger partial charge is 0.478 e. The highest BCUT2D eigenvalue weighted by Gasteiger charge is 2.17. The SMILES string of the molecule is CCCCCN(c1ccc(C)cc1)c1ccc(-c2ccnc(-c3cc(C(=O)O)cc(-c4cc(C(=O)O)ccn4)n3)c2)s1. The normalized spacial score (nSPS) is 10.9. The average molecular weight is 579 g/mol. The van der Waals surface area contributed by atoms with Gasteiger partial charge in [-0.25, -0.2) is 14.6 Å². The van der Waals surface area contributed by atoms with Gasteiger partial charge in [0.25, 0.3) is 0 Å². The number of hydrogen-bond donors (Lipinski definition) is 2. The van der Waals surface area contributed by atoms with Crippen LogP contribution in [0.3, 0.4) is 0 Å². The highest BCUT2D eigenvalue weighted by atomic mass is 32.1. The number of nitrogens with zero attached hydrogens (tertiary/aromatic N) is 4. The molecular formula is C33H30N4O4S. The van der Waals surface area contributed by atoms with E-state index in [1.54, 1.807) is 17.5 Å². The molecule has 4 heterocycles. The van der Waals surface area contributed by atoms with Gasteiger partial charge in [-0.05, 0) is 79.6 Å². The molecule has 0 radical (unpaired) electrons. The molecule has 1 aromatic carbocycles. The van der Waals surface area contributed by atoms with E-state index in [-0.39, 0.29) is 22.5 Å². The van der Waals surface area contributed by atoms with E-state index in [0.29, 0.717) is 11.4 Å². The van der Waals surface area contributed by atoms with E-state index in [2.05, 4.69) is 70.1 Å². The zero-order valence-electron chi connectivity index (χ0n) is 23.3. The van der Waals surface area contributed by atoms with Crippen LogP contribution in [-0.4, -0.2) is 43.6 Å². The number of benzene rings is 1. The van der Waals surface area contributed by atoms with Crippen LogP contribution in [0.1, 0.15) is 52.5 Å². The van der Waals surface area contributed by atoms with Crippen molar-refractivity contribution in [2.75, 3.05) is 11.4 Å². The molecule has 0 atom stereocenters. The fourth-order valence-corrected chi connectivity index (χ4v) is 5.63. The minimum atomic E-state index is -1.13. The maximum absolute atomic E-state index is 12.0. The Kier molecular flexibility index (Phi) is 8.68. The monoisotopic (exact) mass is 578 g/mol. The van der Waals surface area contributed by atoms with Crippen molar-refractivity contribution in [2.24, 2.45) is 0 Å². The number of carboxylic acids is 2. The van der Waals surface area contributed by atoms with Gasteiger partial charge in [-0.15, -0.1) is 11.3 Å². The minimum Gasteiger partial charge on any atom is -0.478 e. The summed E-state index contributed by atoms with van der Waals surface area (Å²) in [5, 5.41) is 20.3. The van der Waals surface area contributed by atoms with Crippen molar-refractivity contribution >= 4 is 34.0 Å². The van der Waals surface area contributed by atoms with Crippen LogP contribution in [-0.2, 0) is 0 Å². The number of rotatable bonds is 11. The second kappa shape index (κ2) is 12.7. The molecule has 0 amide bonds. The van der Waals surface area contributed by atoms with Gasteiger partial charge in [0.1, 0.15) is 0 Å². The Hall–Kier alpha value is -4.89. The Labute approximate surface area is 248 Å². The molecule has 2 N–H and O–H groups in total. The van der Waals surface area contributed by atoms with Crippen LogP contribution in [0.2, 0.25) is 0 Å². The number of aromatic carboxylic acids is 2. The number of thiophene rings is 1. The predicted octanol–water partition coefficient (Wildman–Crippen LogP) is 7.97. The molecule has 0 saturated heterocycles. The summed E-state index contributed by atoms with van der Waals surface area (Å²) in [5.74, 6) is -2.24. The molecule has 0 spiro atoms. The number of anilines is 2. The fraction of sp³-hybridized carbons (Fsp3) is 0.182. The Morgan fingerprint density at radius 1 is 0.762 bits per heavy atom. The smallest absolute Gasteiger partial charge is 0.335 e. The van der Waals surface area contributed by atoms with Gasteiger partial charge in [0, 0.05) is 29.5 Å². The van der Waals surface area contributed by atoms with Crippen LogP contribution in [0, 0.1) is 6.92 Å². The lowest BCUT2D eigenvalue weighted by Crippen LogP contribution is -2.17. The molecule has 4 aromatic heterocycles. The van der Waals surface area contributed by atoms with Crippen molar-refractivity contribution in [2.45, 2.75) is 33.1 Å². The number of hydrogen-bond acceptors (Lipinski definition) is 7. The molecule has 42 heavy (non-hydrogen) atoms. The average Bonchev–Trinajstić information content (AvgIpc) is 3.50. The first-order valence-electron chi connectivity index (χ1n) is 13.7. The maximum atomic E-state index is 12.0. The Bertz CT molecular complexity index is 1730. The molecule has 5 rings (SSSR count). The number of carbonyl (C=O) groups is 2. The molecule has 0 aliphatic carbocycles. The van der Waals surface area contributed by atoms with Crippen LogP contribution >= 0.6 is 11.3 Å². The molecule has 0 aliphatic heterocycles. The zero-order valence-corrected chi connectivity index (χ0v) is 24.1. The topological polar surface area (TPSA) is 117 Å². The number of carboxylic acid groups (broad SMARTS) is 2. The minimum absolute atomic E-state index is 0.00367. The van der Waals surface area contributed by atoms with E-state index >= 15 is 0 Å². The lowest BCUT2D eigenvalue weighted by atomic mass is 10.1. The van der Waals surface area contributed by atoms with E-state index < -0.39 is 11.9 Å². The number of pyridine rings is 3. The summed E-state index contributed by atoms with van der Waals surface area (Å²) in [6.45, 7) is 5.21. The number of unbranched alkanes of at least 4 members (excludes halogenated alkanes) is 2. The van der Waals surface area contributed by atoms with E-state index in [0.717, 1.165) is 46.9 Å². The van der Waals surface area contributed by atoms with Crippen LogP contribution in [0.15, 0.2) is 85.2 Å². The van der Waals surface area contributed by atoms with E-state index in [1.165, 1.54) is 36.0 Å². The van der Waals surface area contributed by atoms with Gasteiger partial charge in [0.15, 0.2) is 0 Å². The predicted molar refractivity (Wildman–Crippen MR) is 166 cm³/mol. The van der Waals surface area contributed by atoms with Gasteiger partial charge >= 0.3 is 11.9 Å². The van der Waals surface area contributed by atoms with E-state index in [9.17, 15) is 19.8 Å². The van der Waals surface area contributed by atoms with E-state index in [4.69, 9.17) is 0 Å². The molecule has 212 valence electrons. The molecule has 0 unspecified atom stereocenters. The molecular weight excluding hydrogens is 548 g/mol. The van der Waals surface area contributed by atoms with Crippen LogP contribution in [0.5, 0.6) is 0 Å². The highest BCUT2D eigenvalue weighted by Crippen LogP contribution is 2.38. The van der Waals surface area contributed by atoms with Gasteiger partial charge in [0.2, 0.25) is 0 Å². The van der Waals surface area contributed by atoms with Gasteiger partial charge in [-0.2, -0.15) is 0 Å². The number of aryl methyl sites for hydroxylation is 1. The summed E-state index contributed by atoms with van der Waals surface area (Å²) in [6.07, 6.45) is 6.45. The zero-order chi connectivity index (χ0) is 29.6. The Morgan fingerprint density at radius 3 is 2.07 bits per heavy atom. The van der Waals surface area contributed by atoms with Crippen molar-refractivity contribution in [1.29, 1.82) is 0 Å². The maximum Gasteiger partial charge on any atom is 0.335 e. The van der Waals surface area contributed by atoms with Crippen molar-refractivity contribution in [3.8, 4) is 33.2 Å². The first-order chi connectivity index (χ1) is 20.3. The molecule has 9 heteroatoms. The standard InChI is InChI=1S/C33H30N4O4S/c1-3-4-5-16-37(25-8-6-21(2)7-9-25)31-11-10-30(42-31)22-12-14-34-26(17-22)28-19-24(33(40)41)20-29(36-28)27-18-23(32(38)39)13-15-35-27/h6-15,17-20H,3-5,16H2,1-2H3,(H,38,39)(H,40,41). The highest BCUT2D eigenvalue weighted by molar-refractivity contribution is 7.19. The third-order valence-electron chi connectivity index (χ3n) is 6.84. The van der Waals surface area contributed by atoms with Crippen molar-refractivity contribution < 1.29 is 19.8 Å². The van der Waals surface area contributed by atoms with Crippen LogP contribution in [0.25, 0.3) is 33.2 Å².